The normalized spacial score (nSPS) is 11.2. The topological polar surface area (TPSA) is 87.4 Å². The molecule has 0 fully saturated rings. The van der Waals surface area contributed by atoms with Crippen LogP contribution < -0.4 is 0 Å². The van der Waals surface area contributed by atoms with Gasteiger partial charge in [-0.05, 0) is 26.0 Å². The standard InChI is InChI=1S/C14H13NO4/c1-3-19-14(18)13(17)9(2)12(16)11-6-4-5-10(7-11)8-15/h4-7,17H,3H2,1-2H3/b13-9-. The number of ether oxygens (including phenoxy) is 1. The zero-order valence-electron chi connectivity index (χ0n) is 10.6. The number of aliphatic hydroxyl groups excluding tert-OH is 1. The molecular weight excluding hydrogens is 246 g/mol. The van der Waals surface area contributed by atoms with Gasteiger partial charge in [0.1, 0.15) is 0 Å². The van der Waals surface area contributed by atoms with Crippen LogP contribution in [0.15, 0.2) is 35.6 Å². The van der Waals surface area contributed by atoms with E-state index in [4.69, 9.17) is 5.26 Å². The smallest absolute Gasteiger partial charge is 0.373 e. The highest BCUT2D eigenvalue weighted by Crippen LogP contribution is 2.13. The first kappa shape index (κ1) is 14.5. The van der Waals surface area contributed by atoms with Gasteiger partial charge in [0.15, 0.2) is 5.78 Å². The summed E-state index contributed by atoms with van der Waals surface area (Å²) in [6, 6.07) is 7.92. The van der Waals surface area contributed by atoms with Crippen LogP contribution in [-0.4, -0.2) is 23.5 Å². The Morgan fingerprint density at radius 3 is 2.68 bits per heavy atom. The molecule has 0 amide bonds. The molecule has 0 aliphatic heterocycles. The quantitative estimate of drug-likeness (QED) is 0.387. The van der Waals surface area contributed by atoms with Gasteiger partial charge in [-0.25, -0.2) is 4.79 Å². The molecule has 0 spiro atoms. The number of carbonyl (C=O) groups is 2. The van der Waals surface area contributed by atoms with E-state index in [1.54, 1.807) is 19.1 Å². The van der Waals surface area contributed by atoms with Gasteiger partial charge < -0.3 is 9.84 Å². The Labute approximate surface area is 110 Å². The van der Waals surface area contributed by atoms with Crippen molar-refractivity contribution in [3.8, 4) is 6.07 Å². The fourth-order valence-corrected chi connectivity index (χ4v) is 1.41. The molecule has 1 aromatic rings. The highest BCUT2D eigenvalue weighted by Gasteiger charge is 2.19. The monoisotopic (exact) mass is 259 g/mol. The minimum absolute atomic E-state index is 0.105. The van der Waals surface area contributed by atoms with Gasteiger partial charge in [0.05, 0.1) is 18.2 Å². The van der Waals surface area contributed by atoms with Gasteiger partial charge in [-0.3, -0.25) is 4.79 Å². The minimum Gasteiger partial charge on any atom is -0.502 e. The average molecular weight is 259 g/mol. The summed E-state index contributed by atoms with van der Waals surface area (Å²) in [6.07, 6.45) is 0. The Bertz CT molecular complexity index is 581. The Morgan fingerprint density at radius 1 is 1.42 bits per heavy atom. The molecular formula is C14H13NO4. The number of esters is 1. The van der Waals surface area contributed by atoms with Crippen molar-refractivity contribution in [2.45, 2.75) is 13.8 Å². The van der Waals surface area contributed by atoms with Crippen LogP contribution in [0.25, 0.3) is 0 Å². The number of hydrogen-bond donors (Lipinski definition) is 1. The number of aliphatic hydroxyl groups is 1. The van der Waals surface area contributed by atoms with E-state index >= 15 is 0 Å². The molecule has 1 aromatic carbocycles. The first-order valence-corrected chi connectivity index (χ1v) is 5.63. The molecule has 1 rings (SSSR count). The lowest BCUT2D eigenvalue weighted by Gasteiger charge is -2.05. The molecule has 0 bridgehead atoms. The summed E-state index contributed by atoms with van der Waals surface area (Å²) in [5.41, 5.74) is 0.440. The fraction of sp³-hybridized carbons (Fsp3) is 0.214. The number of nitrogens with zero attached hydrogens (tertiary/aromatic N) is 1. The van der Waals surface area contributed by atoms with E-state index in [1.807, 2.05) is 6.07 Å². The van der Waals surface area contributed by atoms with Gasteiger partial charge in [-0.1, -0.05) is 12.1 Å². The molecule has 0 heterocycles. The molecule has 5 nitrogen and oxygen atoms in total. The summed E-state index contributed by atoms with van der Waals surface area (Å²) in [5, 5.41) is 18.3. The van der Waals surface area contributed by atoms with Crippen molar-refractivity contribution in [1.82, 2.24) is 0 Å². The third-order valence-electron chi connectivity index (χ3n) is 2.42. The number of allylic oxidation sites excluding steroid dienone is 1. The molecule has 19 heavy (non-hydrogen) atoms. The first-order valence-electron chi connectivity index (χ1n) is 5.63. The lowest BCUT2D eigenvalue weighted by atomic mass is 10.0. The van der Waals surface area contributed by atoms with E-state index in [0.717, 1.165) is 0 Å². The highest BCUT2D eigenvalue weighted by molar-refractivity contribution is 6.11. The largest absolute Gasteiger partial charge is 0.502 e. The van der Waals surface area contributed by atoms with Crippen LogP contribution in [0.2, 0.25) is 0 Å². The number of Topliss-reactive ketones (excluding diaryl/α,β-unsaturated/α-hetero) is 1. The molecule has 5 heteroatoms. The number of ketones is 1. The second-order valence-corrected chi connectivity index (χ2v) is 3.72. The highest BCUT2D eigenvalue weighted by atomic mass is 16.5. The predicted octanol–water partition coefficient (Wildman–Crippen LogP) is 2.14. The molecule has 0 radical (unpaired) electrons. The summed E-state index contributed by atoms with van der Waals surface area (Å²) in [6.45, 7) is 3.03. The van der Waals surface area contributed by atoms with Crippen LogP contribution in [0.5, 0.6) is 0 Å². The zero-order valence-corrected chi connectivity index (χ0v) is 10.6. The fourth-order valence-electron chi connectivity index (χ4n) is 1.41. The maximum absolute atomic E-state index is 12.0. The van der Waals surface area contributed by atoms with Gasteiger partial charge in [0, 0.05) is 11.1 Å². The molecule has 0 aliphatic rings. The molecule has 1 N–H and O–H groups in total. The number of benzene rings is 1. The molecule has 0 saturated carbocycles. The van der Waals surface area contributed by atoms with Crippen LogP contribution in [0.1, 0.15) is 29.8 Å². The minimum atomic E-state index is -0.940. The third kappa shape index (κ3) is 3.42. The van der Waals surface area contributed by atoms with Crippen molar-refractivity contribution in [2.24, 2.45) is 0 Å². The number of nitriles is 1. The van der Waals surface area contributed by atoms with Gasteiger partial charge in [-0.15, -0.1) is 0 Å². The second kappa shape index (κ2) is 6.36. The van der Waals surface area contributed by atoms with Crippen molar-refractivity contribution in [3.63, 3.8) is 0 Å². The van der Waals surface area contributed by atoms with Crippen molar-refractivity contribution < 1.29 is 19.4 Å². The summed E-state index contributed by atoms with van der Waals surface area (Å²) in [4.78, 5) is 23.3. The van der Waals surface area contributed by atoms with Crippen LogP contribution in [0.4, 0.5) is 0 Å². The Hall–Kier alpha value is -2.61. The molecule has 0 atom stereocenters. The third-order valence-corrected chi connectivity index (χ3v) is 2.42. The number of rotatable bonds is 4. The lowest BCUT2D eigenvalue weighted by Crippen LogP contribution is -2.13. The van der Waals surface area contributed by atoms with Gasteiger partial charge in [0.2, 0.25) is 5.76 Å². The summed E-state index contributed by atoms with van der Waals surface area (Å²) < 4.78 is 4.60. The van der Waals surface area contributed by atoms with Crippen LogP contribution in [-0.2, 0) is 9.53 Å². The summed E-state index contributed by atoms with van der Waals surface area (Å²) in [5.74, 6) is -2.18. The lowest BCUT2D eigenvalue weighted by molar-refractivity contribution is -0.141. The Balaban J connectivity index is 3.08. The van der Waals surface area contributed by atoms with E-state index in [2.05, 4.69) is 4.74 Å². The average Bonchev–Trinajstić information content (AvgIpc) is 2.45. The molecule has 0 saturated heterocycles. The molecule has 0 aromatic heterocycles. The Kier molecular flexibility index (Phi) is 4.84. The van der Waals surface area contributed by atoms with Crippen molar-refractivity contribution >= 4 is 11.8 Å². The number of hydrogen-bond acceptors (Lipinski definition) is 5. The predicted molar refractivity (Wildman–Crippen MR) is 67.4 cm³/mol. The molecule has 98 valence electrons. The van der Waals surface area contributed by atoms with E-state index in [9.17, 15) is 14.7 Å². The second-order valence-electron chi connectivity index (χ2n) is 3.72. The van der Waals surface area contributed by atoms with Gasteiger partial charge >= 0.3 is 5.97 Å². The van der Waals surface area contributed by atoms with E-state index in [-0.39, 0.29) is 17.7 Å². The summed E-state index contributed by atoms with van der Waals surface area (Å²) >= 11 is 0. The van der Waals surface area contributed by atoms with Crippen molar-refractivity contribution in [3.05, 3.63) is 46.7 Å². The SMILES string of the molecule is CCOC(=O)/C(O)=C(\C)C(=O)c1cccc(C#N)c1. The van der Waals surface area contributed by atoms with Crippen LogP contribution in [0.3, 0.4) is 0 Å². The maximum Gasteiger partial charge on any atom is 0.373 e. The number of carbonyl (C=O) groups excluding carboxylic acids is 2. The van der Waals surface area contributed by atoms with Crippen LogP contribution >= 0.6 is 0 Å². The zero-order chi connectivity index (χ0) is 14.4. The van der Waals surface area contributed by atoms with Gasteiger partial charge in [0.25, 0.3) is 0 Å². The first-order chi connectivity index (χ1) is 9.01. The van der Waals surface area contributed by atoms with E-state index in [0.29, 0.717) is 5.56 Å². The van der Waals surface area contributed by atoms with Crippen LogP contribution in [0, 0.1) is 11.3 Å². The van der Waals surface area contributed by atoms with Crippen molar-refractivity contribution in [1.29, 1.82) is 5.26 Å². The summed E-state index contributed by atoms with van der Waals surface area (Å²) in [7, 11) is 0. The Morgan fingerprint density at radius 2 is 2.11 bits per heavy atom. The molecule has 0 unspecified atom stereocenters. The van der Waals surface area contributed by atoms with E-state index in [1.165, 1.54) is 19.1 Å². The van der Waals surface area contributed by atoms with Gasteiger partial charge in [-0.2, -0.15) is 5.26 Å². The maximum atomic E-state index is 12.0. The van der Waals surface area contributed by atoms with E-state index < -0.39 is 17.5 Å². The molecule has 0 aliphatic carbocycles. The van der Waals surface area contributed by atoms with Crippen molar-refractivity contribution in [2.75, 3.05) is 6.61 Å².